The standard InChI is InChI=1S/C21H18ClFN4O/c1-13-18(7-9-24-2)25-21(27(13)19-6-3-15(22)12-17(19)23)14-8-10-26(16-4-5-16)20(28)11-14/h3,6-12,16H,2,4-5H2,1H3/b9-7-. The maximum Gasteiger partial charge on any atom is 0.251 e. The third kappa shape index (κ3) is 3.31. The molecule has 2 aromatic heterocycles. The van der Waals surface area contributed by atoms with Gasteiger partial charge in [0.1, 0.15) is 11.6 Å². The summed E-state index contributed by atoms with van der Waals surface area (Å²) >= 11 is 5.91. The van der Waals surface area contributed by atoms with Crippen molar-refractivity contribution in [3.05, 3.63) is 75.3 Å². The zero-order chi connectivity index (χ0) is 19.8. The SMILES string of the molecule is C=N/C=C\c1nc(-c2ccn(C3CC3)c(=O)c2)n(-c2ccc(Cl)cc2F)c1C. The van der Waals surface area contributed by atoms with Gasteiger partial charge in [-0.05, 0) is 56.8 Å². The van der Waals surface area contributed by atoms with Crippen molar-refractivity contribution in [3.8, 4) is 17.1 Å². The third-order valence-electron chi connectivity index (χ3n) is 4.78. The lowest BCUT2D eigenvalue weighted by atomic mass is 10.2. The summed E-state index contributed by atoms with van der Waals surface area (Å²) < 4.78 is 18.1. The van der Waals surface area contributed by atoms with Gasteiger partial charge in [-0.25, -0.2) is 9.37 Å². The number of hydrogen-bond donors (Lipinski definition) is 0. The van der Waals surface area contributed by atoms with Gasteiger partial charge >= 0.3 is 0 Å². The largest absolute Gasteiger partial charge is 0.312 e. The molecule has 7 heteroatoms. The van der Waals surface area contributed by atoms with Crippen molar-refractivity contribution in [3.63, 3.8) is 0 Å². The monoisotopic (exact) mass is 396 g/mol. The fraction of sp³-hybridized carbons (Fsp3) is 0.190. The molecule has 1 aliphatic carbocycles. The minimum Gasteiger partial charge on any atom is -0.312 e. The van der Waals surface area contributed by atoms with E-state index in [9.17, 15) is 9.18 Å². The Morgan fingerprint density at radius 2 is 2.11 bits per heavy atom. The molecule has 28 heavy (non-hydrogen) atoms. The summed E-state index contributed by atoms with van der Waals surface area (Å²) in [4.78, 5) is 20.9. The quantitative estimate of drug-likeness (QED) is 0.581. The molecule has 0 aliphatic heterocycles. The molecule has 4 rings (SSSR count). The lowest BCUT2D eigenvalue weighted by molar-refractivity contribution is 0.617. The Labute approximate surface area is 166 Å². The first-order valence-corrected chi connectivity index (χ1v) is 9.27. The van der Waals surface area contributed by atoms with E-state index < -0.39 is 5.82 Å². The van der Waals surface area contributed by atoms with Gasteiger partial charge in [0.15, 0.2) is 0 Å². The van der Waals surface area contributed by atoms with E-state index in [1.807, 2.05) is 13.0 Å². The molecule has 1 aliphatic rings. The van der Waals surface area contributed by atoms with E-state index >= 15 is 0 Å². The van der Waals surface area contributed by atoms with Crippen molar-refractivity contribution in [2.24, 2.45) is 4.99 Å². The van der Waals surface area contributed by atoms with Crippen molar-refractivity contribution in [2.45, 2.75) is 25.8 Å². The summed E-state index contributed by atoms with van der Waals surface area (Å²) in [6.45, 7) is 5.26. The van der Waals surface area contributed by atoms with Crippen molar-refractivity contribution in [1.29, 1.82) is 0 Å². The van der Waals surface area contributed by atoms with Crippen LogP contribution in [0.4, 0.5) is 4.39 Å². The Hall–Kier alpha value is -2.99. The van der Waals surface area contributed by atoms with Crippen molar-refractivity contribution >= 4 is 24.4 Å². The summed E-state index contributed by atoms with van der Waals surface area (Å²) in [6.07, 6.45) is 7.04. The van der Waals surface area contributed by atoms with Crippen LogP contribution in [0.3, 0.4) is 0 Å². The first-order chi connectivity index (χ1) is 13.5. The molecule has 1 saturated carbocycles. The van der Waals surface area contributed by atoms with Crippen LogP contribution in [0.5, 0.6) is 0 Å². The molecule has 142 valence electrons. The molecule has 0 radical (unpaired) electrons. The highest BCUT2D eigenvalue weighted by Crippen LogP contribution is 2.34. The van der Waals surface area contributed by atoms with Crippen molar-refractivity contribution in [1.82, 2.24) is 14.1 Å². The number of aromatic nitrogens is 3. The number of halogens is 2. The normalized spacial score (nSPS) is 14.0. The van der Waals surface area contributed by atoms with Crippen molar-refractivity contribution < 1.29 is 4.39 Å². The smallest absolute Gasteiger partial charge is 0.251 e. The molecule has 3 aromatic rings. The highest BCUT2D eigenvalue weighted by atomic mass is 35.5. The van der Waals surface area contributed by atoms with Crippen LogP contribution in [-0.2, 0) is 0 Å². The van der Waals surface area contributed by atoms with E-state index in [4.69, 9.17) is 11.6 Å². The number of rotatable bonds is 5. The second-order valence-corrected chi connectivity index (χ2v) is 7.16. The highest BCUT2D eigenvalue weighted by molar-refractivity contribution is 6.30. The minimum atomic E-state index is -0.474. The van der Waals surface area contributed by atoms with Gasteiger partial charge in [0.2, 0.25) is 0 Å². The van der Waals surface area contributed by atoms with Crippen LogP contribution in [0.1, 0.15) is 30.3 Å². The highest BCUT2D eigenvalue weighted by Gasteiger charge is 2.25. The topological polar surface area (TPSA) is 52.2 Å². The molecule has 0 atom stereocenters. The molecular weight excluding hydrogens is 379 g/mol. The van der Waals surface area contributed by atoms with E-state index in [-0.39, 0.29) is 11.6 Å². The number of pyridine rings is 1. The molecule has 0 spiro atoms. The second kappa shape index (κ2) is 7.20. The van der Waals surface area contributed by atoms with Gasteiger partial charge in [0.25, 0.3) is 5.56 Å². The number of imidazole rings is 1. The van der Waals surface area contributed by atoms with Gasteiger partial charge in [0.05, 0.1) is 11.4 Å². The van der Waals surface area contributed by atoms with E-state index in [2.05, 4.69) is 16.7 Å². The summed E-state index contributed by atoms with van der Waals surface area (Å²) in [7, 11) is 0. The third-order valence-corrected chi connectivity index (χ3v) is 5.01. The number of nitrogens with zero attached hydrogens (tertiary/aromatic N) is 4. The van der Waals surface area contributed by atoms with Crippen LogP contribution < -0.4 is 5.56 Å². The van der Waals surface area contributed by atoms with E-state index in [1.165, 1.54) is 12.3 Å². The molecular formula is C21H18ClFN4O. The van der Waals surface area contributed by atoms with Gasteiger partial charge < -0.3 is 4.57 Å². The average molecular weight is 397 g/mol. The van der Waals surface area contributed by atoms with Gasteiger partial charge in [0, 0.05) is 40.8 Å². The summed E-state index contributed by atoms with van der Waals surface area (Å²) in [6, 6.07) is 8.14. The van der Waals surface area contributed by atoms with E-state index in [0.29, 0.717) is 33.5 Å². The lowest BCUT2D eigenvalue weighted by Crippen LogP contribution is -2.17. The molecule has 0 saturated heterocycles. The van der Waals surface area contributed by atoms with Gasteiger partial charge in [-0.3, -0.25) is 14.4 Å². The van der Waals surface area contributed by atoms with Crippen LogP contribution in [0.15, 0.2) is 52.5 Å². The number of benzene rings is 1. The molecule has 5 nitrogen and oxygen atoms in total. The van der Waals surface area contributed by atoms with Crippen LogP contribution in [-0.4, -0.2) is 20.8 Å². The van der Waals surface area contributed by atoms with Crippen LogP contribution in [0.25, 0.3) is 23.2 Å². The molecule has 0 N–H and O–H groups in total. The summed E-state index contributed by atoms with van der Waals surface area (Å²) in [5, 5.41) is 0.309. The van der Waals surface area contributed by atoms with E-state index in [1.54, 1.807) is 39.6 Å². The predicted octanol–water partition coefficient (Wildman–Crippen LogP) is 4.81. The molecule has 2 heterocycles. The van der Waals surface area contributed by atoms with E-state index in [0.717, 1.165) is 12.8 Å². The number of hydrogen-bond acceptors (Lipinski definition) is 3. The number of aliphatic imine (C=N–C) groups is 1. The molecule has 1 fully saturated rings. The second-order valence-electron chi connectivity index (χ2n) is 6.73. The molecule has 0 amide bonds. The first-order valence-electron chi connectivity index (χ1n) is 8.89. The van der Waals surface area contributed by atoms with Crippen LogP contribution >= 0.6 is 11.6 Å². The Kier molecular flexibility index (Phi) is 4.73. The Bertz CT molecular complexity index is 1160. The maximum absolute atomic E-state index is 14.7. The molecule has 0 bridgehead atoms. The van der Waals surface area contributed by atoms with Crippen LogP contribution in [0.2, 0.25) is 5.02 Å². The average Bonchev–Trinajstić information content (AvgIpc) is 3.45. The zero-order valence-electron chi connectivity index (χ0n) is 15.3. The summed E-state index contributed by atoms with van der Waals surface area (Å²) in [5.41, 5.74) is 2.16. The fourth-order valence-corrected chi connectivity index (χ4v) is 3.39. The Balaban J connectivity index is 1.93. The zero-order valence-corrected chi connectivity index (χ0v) is 16.0. The predicted molar refractivity (Wildman–Crippen MR) is 110 cm³/mol. The summed E-state index contributed by atoms with van der Waals surface area (Å²) in [5.74, 6) is 0.000398. The minimum absolute atomic E-state index is 0.0892. The van der Waals surface area contributed by atoms with Crippen LogP contribution in [0, 0.1) is 12.7 Å². The molecule has 0 unspecified atom stereocenters. The fourth-order valence-electron chi connectivity index (χ4n) is 3.23. The molecule has 1 aromatic carbocycles. The Morgan fingerprint density at radius 3 is 2.75 bits per heavy atom. The van der Waals surface area contributed by atoms with Crippen molar-refractivity contribution in [2.75, 3.05) is 0 Å². The Morgan fingerprint density at radius 1 is 1.32 bits per heavy atom. The van der Waals surface area contributed by atoms with Gasteiger partial charge in [-0.2, -0.15) is 0 Å². The maximum atomic E-state index is 14.7. The lowest BCUT2D eigenvalue weighted by Gasteiger charge is -2.12. The first kappa shape index (κ1) is 18.4. The van der Waals surface area contributed by atoms with Gasteiger partial charge in [-0.15, -0.1) is 0 Å². The van der Waals surface area contributed by atoms with Gasteiger partial charge in [-0.1, -0.05) is 11.6 Å².